The number of ether oxygens (including phenoxy) is 1. The quantitative estimate of drug-likeness (QED) is 0.570. The van der Waals surface area contributed by atoms with E-state index in [1.54, 1.807) is 29.7 Å². The Kier molecular flexibility index (Phi) is 4.56. The van der Waals surface area contributed by atoms with Crippen LogP contribution in [0.25, 0.3) is 22.6 Å². The summed E-state index contributed by atoms with van der Waals surface area (Å²) in [5, 5.41) is 0. The third-order valence-electron chi connectivity index (χ3n) is 4.12. The number of hydrogen-bond donors (Lipinski definition) is 1. The fraction of sp³-hybridized carbons (Fsp3) is 0.158. The van der Waals surface area contributed by atoms with Crippen LogP contribution in [-0.4, -0.2) is 31.1 Å². The Bertz CT molecular complexity index is 1160. The van der Waals surface area contributed by atoms with Crippen molar-refractivity contribution in [2.24, 2.45) is 0 Å². The highest BCUT2D eigenvalue weighted by atomic mass is 19.1. The first-order chi connectivity index (χ1) is 13.6. The van der Waals surface area contributed by atoms with Crippen LogP contribution in [0.1, 0.15) is 12.5 Å². The molecule has 4 aromatic rings. The largest absolute Gasteiger partial charge is 0.464 e. The number of aromatic nitrogens is 5. The molecule has 3 heterocycles. The Morgan fingerprint density at radius 2 is 1.93 bits per heavy atom. The van der Waals surface area contributed by atoms with Crippen molar-refractivity contribution < 1.29 is 13.5 Å². The van der Waals surface area contributed by atoms with Crippen LogP contribution in [0.5, 0.6) is 6.01 Å². The zero-order valence-corrected chi connectivity index (χ0v) is 14.9. The number of anilines is 1. The number of nitrogen functional groups attached to an aromatic ring is 1. The van der Waals surface area contributed by atoms with Gasteiger partial charge in [0, 0.05) is 17.3 Å². The van der Waals surface area contributed by atoms with Gasteiger partial charge in [0.25, 0.3) is 0 Å². The molecule has 142 valence electrons. The van der Waals surface area contributed by atoms with Crippen LogP contribution in [0.15, 0.2) is 42.7 Å². The van der Waals surface area contributed by atoms with Crippen molar-refractivity contribution in [2.45, 2.75) is 13.5 Å². The molecule has 0 aliphatic heterocycles. The maximum absolute atomic E-state index is 14.3. The van der Waals surface area contributed by atoms with Crippen molar-refractivity contribution in [3.05, 3.63) is 59.9 Å². The monoisotopic (exact) mass is 382 g/mol. The SMILES string of the molecule is CCOc1nc(N)c2nc(-c3cncc(F)c3)n(Cc3ccccc3F)c2n1. The van der Waals surface area contributed by atoms with E-state index in [1.807, 2.05) is 0 Å². The molecule has 0 spiro atoms. The summed E-state index contributed by atoms with van der Waals surface area (Å²) in [6.45, 7) is 2.26. The lowest BCUT2D eigenvalue weighted by Crippen LogP contribution is -2.07. The lowest BCUT2D eigenvalue weighted by atomic mass is 10.2. The number of pyridine rings is 1. The molecule has 0 atom stereocenters. The smallest absolute Gasteiger partial charge is 0.320 e. The first-order valence-corrected chi connectivity index (χ1v) is 8.57. The van der Waals surface area contributed by atoms with Gasteiger partial charge in [-0.15, -0.1) is 0 Å². The Hall–Kier alpha value is -3.62. The molecule has 0 saturated heterocycles. The Labute approximate surface area is 158 Å². The van der Waals surface area contributed by atoms with Gasteiger partial charge < -0.3 is 15.0 Å². The van der Waals surface area contributed by atoms with Gasteiger partial charge in [0.1, 0.15) is 17.5 Å². The molecule has 1 aromatic carbocycles. The molecule has 0 unspecified atom stereocenters. The van der Waals surface area contributed by atoms with Gasteiger partial charge in [-0.25, -0.2) is 13.8 Å². The van der Waals surface area contributed by atoms with Crippen LogP contribution >= 0.6 is 0 Å². The molecular formula is C19H16F2N6O. The zero-order valence-electron chi connectivity index (χ0n) is 14.9. The van der Waals surface area contributed by atoms with Gasteiger partial charge in [0.05, 0.1) is 19.3 Å². The van der Waals surface area contributed by atoms with E-state index < -0.39 is 5.82 Å². The van der Waals surface area contributed by atoms with Crippen LogP contribution in [0.4, 0.5) is 14.6 Å². The molecule has 9 heteroatoms. The number of nitrogens with two attached hydrogens (primary N) is 1. The van der Waals surface area contributed by atoms with Crippen molar-refractivity contribution in [1.29, 1.82) is 0 Å². The predicted molar refractivity (Wildman–Crippen MR) is 99.6 cm³/mol. The maximum Gasteiger partial charge on any atom is 0.320 e. The molecule has 3 aromatic heterocycles. The highest BCUT2D eigenvalue weighted by Crippen LogP contribution is 2.29. The van der Waals surface area contributed by atoms with E-state index in [0.717, 1.165) is 6.20 Å². The van der Waals surface area contributed by atoms with Crippen molar-refractivity contribution in [1.82, 2.24) is 24.5 Å². The summed E-state index contributed by atoms with van der Waals surface area (Å²) in [5.41, 5.74) is 7.54. The number of benzene rings is 1. The van der Waals surface area contributed by atoms with Crippen molar-refractivity contribution in [3.63, 3.8) is 0 Å². The van der Waals surface area contributed by atoms with Crippen molar-refractivity contribution in [3.8, 4) is 17.4 Å². The Morgan fingerprint density at radius 3 is 2.68 bits per heavy atom. The topological polar surface area (TPSA) is 91.7 Å². The number of hydrogen-bond acceptors (Lipinski definition) is 6. The van der Waals surface area contributed by atoms with E-state index in [4.69, 9.17) is 10.5 Å². The second-order valence-electron chi connectivity index (χ2n) is 6.00. The molecule has 4 rings (SSSR count). The van der Waals surface area contributed by atoms with E-state index in [-0.39, 0.29) is 24.2 Å². The summed E-state index contributed by atoms with van der Waals surface area (Å²) in [6.07, 6.45) is 2.56. The van der Waals surface area contributed by atoms with Gasteiger partial charge in [-0.05, 0) is 19.1 Å². The first-order valence-electron chi connectivity index (χ1n) is 8.57. The average molecular weight is 382 g/mol. The fourth-order valence-electron chi connectivity index (χ4n) is 2.90. The summed E-state index contributed by atoms with van der Waals surface area (Å²) in [5.74, 6) is -0.429. The van der Waals surface area contributed by atoms with E-state index in [9.17, 15) is 8.78 Å². The van der Waals surface area contributed by atoms with E-state index in [1.165, 1.54) is 18.3 Å². The minimum Gasteiger partial charge on any atom is -0.464 e. The summed E-state index contributed by atoms with van der Waals surface area (Å²) in [4.78, 5) is 16.8. The second kappa shape index (κ2) is 7.18. The molecule has 0 aliphatic rings. The average Bonchev–Trinajstić information content (AvgIpc) is 3.03. The van der Waals surface area contributed by atoms with Crippen LogP contribution in [0.2, 0.25) is 0 Å². The summed E-state index contributed by atoms with van der Waals surface area (Å²) >= 11 is 0. The van der Waals surface area contributed by atoms with Gasteiger partial charge in [-0.2, -0.15) is 9.97 Å². The number of fused-ring (bicyclic) bond motifs is 1. The van der Waals surface area contributed by atoms with Gasteiger partial charge in [-0.1, -0.05) is 18.2 Å². The second-order valence-corrected chi connectivity index (χ2v) is 6.00. The highest BCUT2D eigenvalue weighted by molar-refractivity contribution is 5.85. The third-order valence-corrected chi connectivity index (χ3v) is 4.12. The molecule has 0 radical (unpaired) electrons. The van der Waals surface area contributed by atoms with Crippen LogP contribution in [0, 0.1) is 11.6 Å². The van der Waals surface area contributed by atoms with Gasteiger partial charge >= 0.3 is 6.01 Å². The standard InChI is InChI=1S/C19H16F2N6O/c1-2-28-19-25-16(22)15-18(26-19)27(10-11-5-3-4-6-14(11)21)17(24-15)12-7-13(20)9-23-8-12/h3-9H,2,10H2,1H3,(H2,22,25,26). The van der Waals surface area contributed by atoms with Gasteiger partial charge in [0.2, 0.25) is 0 Å². The minimum absolute atomic E-state index is 0.0890. The molecule has 0 fully saturated rings. The molecule has 0 saturated carbocycles. The van der Waals surface area contributed by atoms with Crippen LogP contribution in [-0.2, 0) is 6.54 Å². The fourth-order valence-corrected chi connectivity index (χ4v) is 2.90. The molecule has 7 nitrogen and oxygen atoms in total. The lowest BCUT2D eigenvalue weighted by Gasteiger charge is -2.10. The normalized spacial score (nSPS) is 11.1. The molecular weight excluding hydrogens is 366 g/mol. The van der Waals surface area contributed by atoms with Crippen LogP contribution in [0.3, 0.4) is 0 Å². The number of nitrogens with zero attached hydrogens (tertiary/aromatic N) is 5. The zero-order chi connectivity index (χ0) is 19.7. The minimum atomic E-state index is -0.518. The predicted octanol–water partition coefficient (Wildman–Crippen LogP) is 3.20. The maximum atomic E-state index is 14.3. The first kappa shape index (κ1) is 17.8. The van der Waals surface area contributed by atoms with Gasteiger partial charge in [-0.3, -0.25) is 4.98 Å². The van der Waals surface area contributed by atoms with E-state index in [0.29, 0.717) is 34.7 Å². The lowest BCUT2D eigenvalue weighted by molar-refractivity contribution is 0.314. The molecule has 28 heavy (non-hydrogen) atoms. The molecule has 2 N–H and O–H groups in total. The Balaban J connectivity index is 1.96. The Morgan fingerprint density at radius 1 is 1.11 bits per heavy atom. The van der Waals surface area contributed by atoms with Crippen molar-refractivity contribution >= 4 is 17.0 Å². The number of imidazole rings is 1. The van der Waals surface area contributed by atoms with Crippen LogP contribution < -0.4 is 10.5 Å². The molecule has 0 aliphatic carbocycles. The third kappa shape index (κ3) is 3.22. The molecule has 0 amide bonds. The summed E-state index contributed by atoms with van der Waals surface area (Å²) < 4.78 is 35.0. The highest BCUT2D eigenvalue weighted by Gasteiger charge is 2.20. The number of rotatable bonds is 5. The van der Waals surface area contributed by atoms with E-state index in [2.05, 4.69) is 19.9 Å². The summed E-state index contributed by atoms with van der Waals surface area (Å²) in [7, 11) is 0. The van der Waals surface area contributed by atoms with E-state index >= 15 is 0 Å². The van der Waals surface area contributed by atoms with Gasteiger partial charge in [0.15, 0.2) is 17.0 Å². The number of halogens is 2. The summed E-state index contributed by atoms with van der Waals surface area (Å²) in [6, 6.07) is 7.74. The van der Waals surface area contributed by atoms with Crippen molar-refractivity contribution in [2.75, 3.05) is 12.3 Å². The molecule has 0 bridgehead atoms.